The fourth-order valence-electron chi connectivity index (χ4n) is 5.89. The number of benzene rings is 3. The predicted octanol–water partition coefficient (Wildman–Crippen LogP) is 6.19. The SMILES string of the molecule is CCc1ccc(N(CCCC(=O)N(Cc2ccc(C)cc2)[C@@H](Cc2ccccc2)C(=O)NC2CCCCC2)S(C)(=O)=O)cc1. The second-order valence-electron chi connectivity index (χ2n) is 12.0. The Labute approximate surface area is 263 Å². The van der Waals surface area contributed by atoms with Crippen molar-refractivity contribution in [3.05, 3.63) is 101 Å². The van der Waals surface area contributed by atoms with Crippen molar-refractivity contribution in [2.24, 2.45) is 0 Å². The summed E-state index contributed by atoms with van der Waals surface area (Å²) in [5.41, 5.74) is 4.76. The summed E-state index contributed by atoms with van der Waals surface area (Å²) >= 11 is 0. The monoisotopic (exact) mass is 617 g/mol. The molecule has 0 aliphatic heterocycles. The highest BCUT2D eigenvalue weighted by molar-refractivity contribution is 7.92. The van der Waals surface area contributed by atoms with Gasteiger partial charge in [-0.2, -0.15) is 0 Å². The summed E-state index contributed by atoms with van der Waals surface area (Å²) in [7, 11) is -3.55. The molecule has 0 aromatic heterocycles. The normalized spacial score (nSPS) is 14.5. The molecule has 3 aromatic rings. The number of rotatable bonds is 14. The van der Waals surface area contributed by atoms with Gasteiger partial charge in [-0.15, -0.1) is 0 Å². The van der Waals surface area contributed by atoms with Crippen LogP contribution in [0.25, 0.3) is 0 Å². The zero-order chi connectivity index (χ0) is 31.5. The van der Waals surface area contributed by atoms with Gasteiger partial charge in [0.15, 0.2) is 0 Å². The van der Waals surface area contributed by atoms with Crippen molar-refractivity contribution in [3.63, 3.8) is 0 Å². The number of hydrogen-bond acceptors (Lipinski definition) is 4. The van der Waals surface area contributed by atoms with Gasteiger partial charge in [-0.05, 0) is 61.4 Å². The minimum Gasteiger partial charge on any atom is -0.352 e. The molecular formula is C36H47N3O4S. The van der Waals surface area contributed by atoms with Crippen molar-refractivity contribution < 1.29 is 18.0 Å². The third-order valence-electron chi connectivity index (χ3n) is 8.48. The molecule has 0 saturated heterocycles. The molecule has 0 bridgehead atoms. The van der Waals surface area contributed by atoms with Gasteiger partial charge in [0, 0.05) is 32.0 Å². The minimum absolute atomic E-state index is 0.118. The summed E-state index contributed by atoms with van der Waals surface area (Å²) in [6.45, 7) is 4.54. The number of nitrogens with zero attached hydrogens (tertiary/aromatic N) is 2. The van der Waals surface area contributed by atoms with Gasteiger partial charge >= 0.3 is 0 Å². The molecular weight excluding hydrogens is 570 g/mol. The zero-order valence-electron chi connectivity index (χ0n) is 26.4. The maximum Gasteiger partial charge on any atom is 0.243 e. The number of nitrogens with one attached hydrogen (secondary N) is 1. The number of hydrogen-bond donors (Lipinski definition) is 1. The average Bonchev–Trinajstić information content (AvgIpc) is 3.02. The maximum absolute atomic E-state index is 14.1. The first-order chi connectivity index (χ1) is 21.1. The molecule has 236 valence electrons. The van der Waals surface area contributed by atoms with E-state index in [0.717, 1.165) is 54.4 Å². The average molecular weight is 618 g/mol. The van der Waals surface area contributed by atoms with Crippen LogP contribution >= 0.6 is 0 Å². The van der Waals surface area contributed by atoms with E-state index < -0.39 is 16.1 Å². The van der Waals surface area contributed by atoms with Gasteiger partial charge in [-0.25, -0.2) is 8.42 Å². The molecule has 1 aliphatic carbocycles. The number of amides is 2. The Bertz CT molecular complexity index is 1450. The lowest BCUT2D eigenvalue weighted by molar-refractivity contribution is -0.141. The van der Waals surface area contributed by atoms with Crippen LogP contribution in [0.5, 0.6) is 0 Å². The van der Waals surface area contributed by atoms with Crippen molar-refractivity contribution in [2.75, 3.05) is 17.1 Å². The van der Waals surface area contributed by atoms with Gasteiger partial charge in [0.2, 0.25) is 21.8 Å². The molecule has 1 N–H and O–H groups in total. The molecule has 1 aliphatic rings. The van der Waals surface area contributed by atoms with Crippen LogP contribution in [0.3, 0.4) is 0 Å². The van der Waals surface area contributed by atoms with Crippen molar-refractivity contribution in [1.29, 1.82) is 0 Å². The molecule has 44 heavy (non-hydrogen) atoms. The molecule has 0 heterocycles. The summed E-state index contributed by atoms with van der Waals surface area (Å²) in [4.78, 5) is 29.7. The largest absolute Gasteiger partial charge is 0.352 e. The van der Waals surface area contributed by atoms with Crippen LogP contribution in [0.4, 0.5) is 5.69 Å². The predicted molar refractivity (Wildman–Crippen MR) is 178 cm³/mol. The summed E-state index contributed by atoms with van der Waals surface area (Å²) in [6.07, 6.45) is 8.19. The van der Waals surface area contributed by atoms with Gasteiger partial charge in [0.25, 0.3) is 0 Å². The molecule has 3 aromatic carbocycles. The topological polar surface area (TPSA) is 86.8 Å². The van der Waals surface area contributed by atoms with Crippen LogP contribution in [0.15, 0.2) is 78.9 Å². The van der Waals surface area contributed by atoms with Gasteiger partial charge in [0.1, 0.15) is 6.04 Å². The Balaban J connectivity index is 1.57. The lowest BCUT2D eigenvalue weighted by Gasteiger charge is -2.34. The Morgan fingerprint density at radius 1 is 0.864 bits per heavy atom. The zero-order valence-corrected chi connectivity index (χ0v) is 27.2. The number of anilines is 1. The van der Waals surface area contributed by atoms with Crippen LogP contribution in [0.2, 0.25) is 0 Å². The van der Waals surface area contributed by atoms with Crippen molar-refractivity contribution in [1.82, 2.24) is 10.2 Å². The van der Waals surface area contributed by atoms with Crippen molar-refractivity contribution >= 4 is 27.5 Å². The van der Waals surface area contributed by atoms with Crippen molar-refractivity contribution in [3.8, 4) is 0 Å². The minimum atomic E-state index is -3.55. The first-order valence-electron chi connectivity index (χ1n) is 15.9. The lowest BCUT2D eigenvalue weighted by Crippen LogP contribution is -2.52. The highest BCUT2D eigenvalue weighted by Gasteiger charge is 2.32. The highest BCUT2D eigenvalue weighted by atomic mass is 32.2. The van der Waals surface area contributed by atoms with E-state index >= 15 is 0 Å². The van der Waals surface area contributed by atoms with E-state index in [9.17, 15) is 18.0 Å². The molecule has 8 heteroatoms. The molecule has 0 spiro atoms. The Kier molecular flexibility index (Phi) is 12.0. The smallest absolute Gasteiger partial charge is 0.243 e. The first-order valence-corrected chi connectivity index (χ1v) is 17.7. The summed E-state index contributed by atoms with van der Waals surface area (Å²) in [5.74, 6) is -0.296. The molecule has 1 fully saturated rings. The molecule has 1 atom stereocenters. The van der Waals surface area contributed by atoms with Gasteiger partial charge in [-0.3, -0.25) is 13.9 Å². The fourth-order valence-corrected chi connectivity index (χ4v) is 6.86. The first kappa shape index (κ1) is 33.2. The number of carbonyl (C=O) groups excluding carboxylic acids is 2. The van der Waals surface area contributed by atoms with Crippen LogP contribution in [0, 0.1) is 6.92 Å². The number of sulfonamides is 1. The molecule has 7 nitrogen and oxygen atoms in total. The molecule has 2 amide bonds. The fraction of sp³-hybridized carbons (Fsp3) is 0.444. The van der Waals surface area contributed by atoms with E-state index in [1.54, 1.807) is 4.90 Å². The van der Waals surface area contributed by atoms with Crippen LogP contribution in [-0.4, -0.2) is 50.0 Å². The third-order valence-corrected chi connectivity index (χ3v) is 9.67. The summed E-state index contributed by atoms with van der Waals surface area (Å²) in [5, 5.41) is 3.27. The van der Waals surface area contributed by atoms with E-state index in [1.165, 1.54) is 17.0 Å². The van der Waals surface area contributed by atoms with E-state index in [2.05, 4.69) is 12.2 Å². The second-order valence-corrected chi connectivity index (χ2v) is 13.9. The van der Waals surface area contributed by atoms with Gasteiger partial charge in [0.05, 0.1) is 11.9 Å². The summed E-state index contributed by atoms with van der Waals surface area (Å²) < 4.78 is 26.8. The quantitative estimate of drug-likeness (QED) is 0.234. The van der Waals surface area contributed by atoms with Crippen LogP contribution in [0.1, 0.15) is 74.1 Å². The number of carbonyl (C=O) groups is 2. The molecule has 4 rings (SSSR count). The van der Waals surface area contributed by atoms with E-state index in [4.69, 9.17) is 0 Å². The van der Waals surface area contributed by atoms with Crippen LogP contribution < -0.4 is 9.62 Å². The third kappa shape index (κ3) is 9.68. The number of aryl methyl sites for hydroxylation is 2. The maximum atomic E-state index is 14.1. The Hall–Kier alpha value is -3.65. The van der Waals surface area contributed by atoms with E-state index in [-0.39, 0.29) is 30.8 Å². The van der Waals surface area contributed by atoms with E-state index in [0.29, 0.717) is 25.1 Å². The Morgan fingerprint density at radius 2 is 1.50 bits per heavy atom. The Morgan fingerprint density at radius 3 is 2.11 bits per heavy atom. The standard InChI is InChI=1S/C36H47N3O4S/c1-4-29-21-23-33(24-22-29)39(44(3,42)43)25-11-16-35(40)38(27-31-19-17-28(2)18-20-31)34(26-30-12-7-5-8-13-30)36(41)37-32-14-9-6-10-15-32/h5,7-8,12-13,17-24,32,34H,4,6,9-11,14-16,25-27H2,1-3H3,(H,37,41)/t34-/m0/s1. The van der Waals surface area contributed by atoms with Gasteiger partial charge in [-0.1, -0.05) is 98.5 Å². The molecule has 0 unspecified atom stereocenters. The molecule has 0 radical (unpaired) electrons. The second kappa shape index (κ2) is 15.9. The van der Waals surface area contributed by atoms with E-state index in [1.807, 2.05) is 85.8 Å². The summed E-state index contributed by atoms with van der Waals surface area (Å²) in [6, 6.07) is 24.8. The van der Waals surface area contributed by atoms with Crippen molar-refractivity contribution in [2.45, 2.75) is 90.3 Å². The van der Waals surface area contributed by atoms with Crippen LogP contribution in [-0.2, 0) is 39.0 Å². The lowest BCUT2D eigenvalue weighted by atomic mass is 9.94. The molecule has 1 saturated carbocycles. The highest BCUT2D eigenvalue weighted by Crippen LogP contribution is 2.22. The van der Waals surface area contributed by atoms with Gasteiger partial charge < -0.3 is 10.2 Å².